The molecular weight excluding hydrogens is 753 g/mol. The highest BCUT2D eigenvalue weighted by Crippen LogP contribution is 2.30. The van der Waals surface area contributed by atoms with E-state index >= 15 is 0 Å². The molecule has 3 aromatic carbocycles. The third-order valence-corrected chi connectivity index (χ3v) is 11.0. The number of ether oxygens (including phenoxy) is 2. The molecule has 2 amide bonds. The van der Waals surface area contributed by atoms with Gasteiger partial charge in [-0.3, -0.25) is 14.4 Å². The van der Waals surface area contributed by atoms with Crippen LogP contribution in [0.1, 0.15) is 91.9 Å². The number of hydrogen-bond acceptors (Lipinski definition) is 10. The van der Waals surface area contributed by atoms with Crippen molar-refractivity contribution in [2.75, 3.05) is 6.61 Å². The van der Waals surface area contributed by atoms with Crippen LogP contribution < -0.4 is 15.4 Å². The standard InChI is InChI=1S/C46H54N4O7S/c1-5-6-7-8-12-25-56-36-21-19-33(20-22-36)35-28-47-42(48-29-35)34-17-15-31(16-18-34)26-37(49-44(53)39-23-24-40(58-39)46(2,3)4)43(52)50-38(45(54)55)27-41(51)57-30-32-13-10-9-11-14-32/h9-11,13-24,28-29,37-38,45,54-55H,5-8,12,25-27,30H2,1-4H3,(H,49,53)(H,50,52). The zero-order chi connectivity index (χ0) is 41.5. The van der Waals surface area contributed by atoms with Crippen molar-refractivity contribution >= 4 is 29.1 Å². The molecule has 0 bridgehead atoms. The molecular formula is C46H54N4O7S. The van der Waals surface area contributed by atoms with Crippen LogP contribution >= 0.6 is 11.3 Å². The lowest BCUT2D eigenvalue weighted by atomic mass is 9.95. The number of amides is 2. The van der Waals surface area contributed by atoms with E-state index in [1.54, 1.807) is 30.6 Å². The van der Waals surface area contributed by atoms with Crippen LogP contribution in [-0.2, 0) is 32.8 Å². The molecule has 0 saturated carbocycles. The molecule has 4 N–H and O–H groups in total. The Bertz CT molecular complexity index is 2050. The Kier molecular flexibility index (Phi) is 16.1. The molecule has 2 aromatic heterocycles. The summed E-state index contributed by atoms with van der Waals surface area (Å²) in [5, 5.41) is 25.6. The summed E-state index contributed by atoms with van der Waals surface area (Å²) < 4.78 is 11.2. The highest BCUT2D eigenvalue weighted by molar-refractivity contribution is 7.14. The Morgan fingerprint density at radius 1 is 0.759 bits per heavy atom. The van der Waals surface area contributed by atoms with Crippen LogP contribution in [0.2, 0.25) is 0 Å². The second kappa shape index (κ2) is 21.4. The van der Waals surface area contributed by atoms with Crippen molar-refractivity contribution in [3.05, 3.63) is 124 Å². The topological polar surface area (TPSA) is 160 Å². The van der Waals surface area contributed by atoms with E-state index in [1.807, 2.05) is 72.8 Å². The van der Waals surface area contributed by atoms with Gasteiger partial charge in [-0.2, -0.15) is 0 Å². The summed E-state index contributed by atoms with van der Waals surface area (Å²) >= 11 is 1.34. The Labute approximate surface area is 344 Å². The number of carbonyl (C=O) groups excluding carboxylic acids is 3. The zero-order valence-corrected chi connectivity index (χ0v) is 34.5. The van der Waals surface area contributed by atoms with Crippen molar-refractivity contribution in [3.63, 3.8) is 0 Å². The monoisotopic (exact) mass is 806 g/mol. The first-order valence-electron chi connectivity index (χ1n) is 19.8. The number of aromatic nitrogens is 2. The Hall–Kier alpha value is -5.43. The number of aliphatic hydroxyl groups is 2. The van der Waals surface area contributed by atoms with Gasteiger partial charge in [0.15, 0.2) is 12.1 Å². The van der Waals surface area contributed by atoms with E-state index in [1.165, 1.54) is 37.0 Å². The number of aliphatic hydroxyl groups excluding tert-OH is 1. The van der Waals surface area contributed by atoms with E-state index in [-0.39, 0.29) is 18.4 Å². The van der Waals surface area contributed by atoms with Gasteiger partial charge in [-0.05, 0) is 52.8 Å². The average Bonchev–Trinajstić information content (AvgIpc) is 3.74. The van der Waals surface area contributed by atoms with Crippen molar-refractivity contribution in [3.8, 4) is 28.3 Å². The molecule has 58 heavy (non-hydrogen) atoms. The Morgan fingerprint density at radius 3 is 2.07 bits per heavy atom. The predicted octanol–water partition coefficient (Wildman–Crippen LogP) is 7.79. The number of unbranched alkanes of at least 4 members (excludes halogenated alkanes) is 4. The molecule has 0 fully saturated rings. The molecule has 0 aliphatic carbocycles. The summed E-state index contributed by atoms with van der Waals surface area (Å²) in [7, 11) is 0. The van der Waals surface area contributed by atoms with Gasteiger partial charge in [0.25, 0.3) is 5.91 Å². The van der Waals surface area contributed by atoms with Gasteiger partial charge >= 0.3 is 5.97 Å². The number of rotatable bonds is 20. The van der Waals surface area contributed by atoms with Gasteiger partial charge in [-0.25, -0.2) is 9.97 Å². The summed E-state index contributed by atoms with van der Waals surface area (Å²) in [6, 6.07) is 25.4. The van der Waals surface area contributed by atoms with Crippen molar-refractivity contribution in [1.82, 2.24) is 20.6 Å². The highest BCUT2D eigenvalue weighted by Gasteiger charge is 2.29. The molecule has 0 aliphatic rings. The lowest BCUT2D eigenvalue weighted by Crippen LogP contribution is -2.53. The maximum Gasteiger partial charge on any atom is 0.308 e. The second-order valence-corrected chi connectivity index (χ2v) is 16.4. The minimum absolute atomic E-state index is 0.00782. The molecule has 2 heterocycles. The molecule has 0 saturated heterocycles. The fourth-order valence-electron chi connectivity index (χ4n) is 6.08. The molecule has 2 atom stereocenters. The number of carbonyl (C=O) groups is 3. The molecule has 306 valence electrons. The van der Waals surface area contributed by atoms with Crippen molar-refractivity contribution in [2.45, 2.75) is 103 Å². The molecule has 0 aliphatic heterocycles. The maximum atomic E-state index is 13.8. The van der Waals surface area contributed by atoms with Crippen LogP contribution in [0.3, 0.4) is 0 Å². The average molecular weight is 807 g/mol. The van der Waals surface area contributed by atoms with Crippen LogP contribution in [0.4, 0.5) is 0 Å². The zero-order valence-electron chi connectivity index (χ0n) is 33.6. The van der Waals surface area contributed by atoms with Gasteiger partial charge in [-0.15, -0.1) is 11.3 Å². The summed E-state index contributed by atoms with van der Waals surface area (Å²) in [4.78, 5) is 50.6. The molecule has 0 radical (unpaired) electrons. The maximum absolute atomic E-state index is 13.8. The van der Waals surface area contributed by atoms with Gasteiger partial charge in [0.2, 0.25) is 5.91 Å². The minimum atomic E-state index is -2.06. The SMILES string of the molecule is CCCCCCCOc1ccc(-c2cnc(-c3ccc(CC(NC(=O)c4ccc(C(C)(C)C)s4)C(=O)NC(CC(=O)OCc4ccccc4)C(O)O)cc3)nc2)cc1. The lowest BCUT2D eigenvalue weighted by Gasteiger charge is -2.24. The molecule has 5 aromatic rings. The smallest absolute Gasteiger partial charge is 0.308 e. The number of thiophene rings is 1. The van der Waals surface area contributed by atoms with Crippen molar-refractivity contribution in [1.29, 1.82) is 0 Å². The molecule has 11 nitrogen and oxygen atoms in total. The number of esters is 1. The fourth-order valence-corrected chi connectivity index (χ4v) is 7.05. The van der Waals surface area contributed by atoms with Gasteiger partial charge in [0, 0.05) is 34.8 Å². The van der Waals surface area contributed by atoms with Gasteiger partial charge in [-0.1, -0.05) is 120 Å². The third kappa shape index (κ3) is 13.3. The van der Waals surface area contributed by atoms with Crippen LogP contribution in [0.5, 0.6) is 5.75 Å². The van der Waals surface area contributed by atoms with Crippen LogP contribution in [0.25, 0.3) is 22.5 Å². The number of nitrogens with zero attached hydrogens (tertiary/aromatic N) is 2. The van der Waals surface area contributed by atoms with Gasteiger partial charge < -0.3 is 30.3 Å². The quantitative estimate of drug-likeness (QED) is 0.0350. The van der Waals surface area contributed by atoms with E-state index in [0.29, 0.717) is 22.9 Å². The Balaban J connectivity index is 1.24. The van der Waals surface area contributed by atoms with E-state index < -0.39 is 42.6 Å². The number of hydrogen-bond donors (Lipinski definition) is 4. The molecule has 0 spiro atoms. The van der Waals surface area contributed by atoms with E-state index in [9.17, 15) is 24.6 Å². The van der Waals surface area contributed by atoms with Gasteiger partial charge in [0.05, 0.1) is 23.9 Å². The third-order valence-electron chi connectivity index (χ3n) is 9.52. The minimum Gasteiger partial charge on any atom is -0.494 e. The highest BCUT2D eigenvalue weighted by atomic mass is 32.1. The summed E-state index contributed by atoms with van der Waals surface area (Å²) in [5.41, 5.74) is 3.91. The van der Waals surface area contributed by atoms with Crippen molar-refractivity contribution in [2.24, 2.45) is 0 Å². The van der Waals surface area contributed by atoms with E-state index in [4.69, 9.17) is 9.47 Å². The van der Waals surface area contributed by atoms with Crippen molar-refractivity contribution < 1.29 is 34.1 Å². The summed E-state index contributed by atoms with van der Waals surface area (Å²) in [6.07, 6.45) is 7.00. The van der Waals surface area contributed by atoms with Gasteiger partial charge in [0.1, 0.15) is 18.4 Å². The largest absolute Gasteiger partial charge is 0.494 e. The summed E-state index contributed by atoms with van der Waals surface area (Å²) in [6.45, 7) is 9.06. The number of benzene rings is 3. The normalized spacial score (nSPS) is 12.5. The molecule has 5 rings (SSSR count). The first-order chi connectivity index (χ1) is 27.9. The number of nitrogens with one attached hydrogen (secondary N) is 2. The Morgan fingerprint density at radius 2 is 1.43 bits per heavy atom. The summed E-state index contributed by atoms with van der Waals surface area (Å²) in [5.74, 6) is -0.517. The van der Waals surface area contributed by atoms with Crippen LogP contribution in [0.15, 0.2) is 103 Å². The van der Waals surface area contributed by atoms with Crippen LogP contribution in [-0.4, -0.2) is 62.9 Å². The second-order valence-electron chi connectivity index (χ2n) is 15.3. The van der Waals surface area contributed by atoms with E-state index in [2.05, 4.69) is 48.3 Å². The van der Waals surface area contributed by atoms with Crippen LogP contribution in [0, 0.1) is 0 Å². The molecule has 12 heteroatoms. The first kappa shape index (κ1) is 43.7. The lowest BCUT2D eigenvalue weighted by molar-refractivity contribution is -0.150. The first-order valence-corrected chi connectivity index (χ1v) is 20.6. The van der Waals surface area contributed by atoms with E-state index in [0.717, 1.165) is 39.3 Å². The molecule has 2 unspecified atom stereocenters. The fraction of sp³-hybridized carbons (Fsp3) is 0.370. The predicted molar refractivity (Wildman–Crippen MR) is 226 cm³/mol.